The van der Waals surface area contributed by atoms with E-state index in [1.165, 1.54) is 27.8 Å². The molecule has 1 aliphatic carbocycles. The van der Waals surface area contributed by atoms with Gasteiger partial charge < -0.3 is 26.4 Å². The summed E-state index contributed by atoms with van der Waals surface area (Å²) >= 11 is 0. The molecule has 0 spiro atoms. The van der Waals surface area contributed by atoms with Crippen molar-refractivity contribution < 1.29 is 24.3 Å². The number of likely N-dealkylation sites (N-methyl/N-ethyl adjacent to an activating group) is 1. The van der Waals surface area contributed by atoms with Crippen LogP contribution in [0.4, 0.5) is 0 Å². The van der Waals surface area contributed by atoms with Crippen molar-refractivity contribution in [3.63, 3.8) is 0 Å². The van der Waals surface area contributed by atoms with Crippen LogP contribution in [-0.4, -0.2) is 59.5 Å². The van der Waals surface area contributed by atoms with Crippen molar-refractivity contribution in [1.82, 2.24) is 21.3 Å². The lowest BCUT2D eigenvalue weighted by atomic mass is 9.72. The first-order valence-electron chi connectivity index (χ1n) is 7.43. The van der Waals surface area contributed by atoms with Gasteiger partial charge >= 0.3 is 0 Å². The number of hydrogen-bond acceptors (Lipinski definition) is 5. The lowest BCUT2D eigenvalue weighted by molar-refractivity contribution is -0.148. The Morgan fingerprint density at radius 3 is 2.04 bits per heavy atom. The average Bonchev–Trinajstić information content (AvgIpc) is 2.49. The predicted molar refractivity (Wildman–Crippen MR) is 81.1 cm³/mol. The van der Waals surface area contributed by atoms with Gasteiger partial charge in [-0.15, -0.1) is 0 Å². The third-order valence-corrected chi connectivity index (χ3v) is 3.92. The van der Waals surface area contributed by atoms with E-state index < -0.39 is 41.4 Å². The predicted octanol–water partition coefficient (Wildman–Crippen LogP) is -2.23. The number of aliphatic hydroxyl groups is 1. The molecule has 0 saturated heterocycles. The monoisotopic (exact) mass is 328 g/mol. The van der Waals surface area contributed by atoms with Crippen LogP contribution in [0.1, 0.15) is 33.6 Å². The number of aliphatic hydroxyl groups excluding tert-OH is 1. The summed E-state index contributed by atoms with van der Waals surface area (Å²) in [5.74, 6) is -1.96. The Kier molecular flexibility index (Phi) is 6.08. The second kappa shape index (κ2) is 7.40. The Balaban J connectivity index is 2.66. The van der Waals surface area contributed by atoms with Crippen LogP contribution in [-0.2, 0) is 19.2 Å². The van der Waals surface area contributed by atoms with Gasteiger partial charge in [0.1, 0.15) is 17.6 Å². The van der Waals surface area contributed by atoms with Gasteiger partial charge in [0.2, 0.25) is 23.6 Å². The second-order valence-corrected chi connectivity index (χ2v) is 5.75. The van der Waals surface area contributed by atoms with Gasteiger partial charge in [0.15, 0.2) is 0 Å². The summed E-state index contributed by atoms with van der Waals surface area (Å²) in [7, 11) is 1.45. The van der Waals surface area contributed by atoms with Gasteiger partial charge in [-0.2, -0.15) is 0 Å². The zero-order valence-corrected chi connectivity index (χ0v) is 13.7. The van der Waals surface area contributed by atoms with E-state index in [-0.39, 0.29) is 5.91 Å². The smallest absolute Gasteiger partial charge is 0.249 e. The van der Waals surface area contributed by atoms with Gasteiger partial charge in [0, 0.05) is 14.0 Å². The van der Waals surface area contributed by atoms with E-state index in [1.54, 1.807) is 0 Å². The third-order valence-electron chi connectivity index (χ3n) is 3.92. The number of hydrogen-bond donors (Lipinski definition) is 5. The Morgan fingerprint density at radius 1 is 1.09 bits per heavy atom. The number of carbonyl (C=O) groups is 4. The summed E-state index contributed by atoms with van der Waals surface area (Å²) in [4.78, 5) is 47.0. The lowest BCUT2D eigenvalue weighted by Crippen LogP contribution is -2.71. The average molecular weight is 328 g/mol. The number of nitrogens with one attached hydrogen (secondary N) is 4. The first-order valence-corrected chi connectivity index (χ1v) is 7.43. The maximum Gasteiger partial charge on any atom is 0.249 e. The topological polar surface area (TPSA) is 137 Å². The van der Waals surface area contributed by atoms with Gasteiger partial charge in [-0.3, -0.25) is 19.2 Å². The quantitative estimate of drug-likeness (QED) is 0.376. The molecule has 0 unspecified atom stereocenters. The maximum absolute atomic E-state index is 12.3. The molecule has 1 rings (SSSR count). The van der Waals surface area contributed by atoms with E-state index in [4.69, 9.17) is 0 Å². The number of amides is 4. The minimum Gasteiger partial charge on any atom is -0.390 e. The molecule has 23 heavy (non-hydrogen) atoms. The summed E-state index contributed by atoms with van der Waals surface area (Å²) < 4.78 is 0. The van der Waals surface area contributed by atoms with Crippen molar-refractivity contribution in [3.8, 4) is 0 Å². The number of carbonyl (C=O) groups excluding carboxylic acids is 4. The van der Waals surface area contributed by atoms with Crippen molar-refractivity contribution in [3.05, 3.63) is 0 Å². The van der Waals surface area contributed by atoms with Crippen LogP contribution in [0, 0.1) is 0 Å². The molecule has 4 amide bonds. The van der Waals surface area contributed by atoms with Crippen LogP contribution in [0.5, 0.6) is 0 Å². The first-order chi connectivity index (χ1) is 10.6. The van der Waals surface area contributed by atoms with Crippen molar-refractivity contribution in [2.45, 2.75) is 57.3 Å². The Labute approximate surface area is 134 Å². The Bertz CT molecular complexity index is 509. The fourth-order valence-electron chi connectivity index (χ4n) is 2.36. The van der Waals surface area contributed by atoms with Crippen LogP contribution >= 0.6 is 0 Å². The van der Waals surface area contributed by atoms with E-state index in [2.05, 4.69) is 21.3 Å². The third kappa shape index (κ3) is 4.19. The molecule has 1 aliphatic rings. The normalized spacial score (nSPS) is 25.3. The van der Waals surface area contributed by atoms with Gasteiger partial charge in [0.05, 0.1) is 6.10 Å². The van der Waals surface area contributed by atoms with Crippen LogP contribution in [0.25, 0.3) is 0 Å². The largest absolute Gasteiger partial charge is 0.390 e. The van der Waals surface area contributed by atoms with Gasteiger partial charge in [-0.05, 0) is 26.7 Å². The molecule has 1 fully saturated rings. The van der Waals surface area contributed by atoms with Gasteiger partial charge in [-0.25, -0.2) is 0 Å². The highest BCUT2D eigenvalue weighted by Crippen LogP contribution is 2.32. The molecule has 0 aliphatic heterocycles. The summed E-state index contributed by atoms with van der Waals surface area (Å²) in [5.41, 5.74) is -1.40. The van der Waals surface area contributed by atoms with Crippen LogP contribution < -0.4 is 21.3 Å². The highest BCUT2D eigenvalue weighted by molar-refractivity contribution is 5.96. The summed E-state index contributed by atoms with van der Waals surface area (Å²) in [6.45, 7) is 4.22. The molecule has 0 aromatic heterocycles. The fraction of sp³-hybridized carbons (Fsp3) is 0.714. The Morgan fingerprint density at radius 2 is 1.65 bits per heavy atom. The van der Waals surface area contributed by atoms with E-state index in [0.717, 1.165) is 0 Å². The Hall–Kier alpha value is -2.16. The van der Waals surface area contributed by atoms with Crippen molar-refractivity contribution in [1.29, 1.82) is 0 Å². The van der Waals surface area contributed by atoms with E-state index in [9.17, 15) is 24.3 Å². The van der Waals surface area contributed by atoms with Crippen LogP contribution in [0.3, 0.4) is 0 Å². The molecule has 0 aromatic carbocycles. The summed E-state index contributed by atoms with van der Waals surface area (Å²) in [6.07, 6.45) is -0.309. The molecule has 0 radical (unpaired) electrons. The molecule has 0 aromatic rings. The molecule has 1 saturated carbocycles. The first kappa shape index (κ1) is 18.9. The number of rotatable bonds is 6. The molecule has 0 bridgehead atoms. The molecule has 9 heteroatoms. The zero-order chi connectivity index (χ0) is 17.8. The van der Waals surface area contributed by atoms with E-state index >= 15 is 0 Å². The summed E-state index contributed by atoms with van der Waals surface area (Å²) in [5, 5.41) is 19.6. The standard InChI is InChI=1S/C14H24N4O5/c1-7(11(21)15-4)16-12(22)8(2)17-13(23)14(18-9(3)19)6-5-10(14)20/h7-8,10,20H,5-6H2,1-4H3,(H,15,21)(H,16,22)(H,17,23)(H,18,19)/t7-,8-,10-,14-/m0/s1. The van der Waals surface area contributed by atoms with Crippen molar-refractivity contribution in [2.24, 2.45) is 0 Å². The second-order valence-electron chi connectivity index (χ2n) is 5.75. The molecule has 0 heterocycles. The molecular weight excluding hydrogens is 304 g/mol. The van der Waals surface area contributed by atoms with Crippen molar-refractivity contribution >= 4 is 23.6 Å². The fourth-order valence-corrected chi connectivity index (χ4v) is 2.36. The van der Waals surface area contributed by atoms with Crippen LogP contribution in [0.15, 0.2) is 0 Å². The maximum atomic E-state index is 12.3. The molecule has 130 valence electrons. The summed E-state index contributed by atoms with van der Waals surface area (Å²) in [6, 6.07) is -1.67. The van der Waals surface area contributed by atoms with E-state index in [0.29, 0.717) is 12.8 Å². The van der Waals surface area contributed by atoms with E-state index in [1.807, 2.05) is 0 Å². The molecular formula is C14H24N4O5. The molecule has 5 N–H and O–H groups in total. The highest BCUT2D eigenvalue weighted by Gasteiger charge is 2.53. The van der Waals surface area contributed by atoms with Crippen LogP contribution in [0.2, 0.25) is 0 Å². The SMILES string of the molecule is CNC(=O)[C@H](C)NC(=O)[C@H](C)NC(=O)[C@]1(NC(C)=O)CC[C@@H]1O. The highest BCUT2D eigenvalue weighted by atomic mass is 16.3. The lowest BCUT2D eigenvalue weighted by Gasteiger charge is -2.45. The van der Waals surface area contributed by atoms with Gasteiger partial charge in [0.25, 0.3) is 0 Å². The minimum absolute atomic E-state index is 0.294. The van der Waals surface area contributed by atoms with Gasteiger partial charge in [-0.1, -0.05) is 0 Å². The minimum atomic E-state index is -1.40. The zero-order valence-electron chi connectivity index (χ0n) is 13.7. The van der Waals surface area contributed by atoms with Crippen molar-refractivity contribution in [2.75, 3.05) is 7.05 Å². The molecule has 4 atom stereocenters. The molecule has 9 nitrogen and oxygen atoms in total.